The zero-order valence-electron chi connectivity index (χ0n) is 34.1. The van der Waals surface area contributed by atoms with Crippen molar-refractivity contribution in [3.63, 3.8) is 0 Å². The number of hydrogen-bond acceptors (Lipinski definition) is 10. The maximum absolute atomic E-state index is 10.6. The Balaban J connectivity index is 0.000000630. The Morgan fingerprint density at radius 2 is 0.911 bits per heavy atom. The van der Waals surface area contributed by atoms with Crippen LogP contribution in [0.2, 0.25) is 0 Å². The summed E-state index contributed by atoms with van der Waals surface area (Å²) in [6, 6.07) is 25.7. The molecule has 0 N–H and O–H groups in total. The summed E-state index contributed by atoms with van der Waals surface area (Å²) >= 11 is 0. The molecular weight excluding hydrogens is 789 g/mol. The zero-order valence-corrected chi connectivity index (χ0v) is 36.9. The first-order valence-corrected chi connectivity index (χ1v) is 18.0. The van der Waals surface area contributed by atoms with Crippen LogP contribution in [0.25, 0.3) is 0 Å². The summed E-state index contributed by atoms with van der Waals surface area (Å²) < 4.78 is 34.9. The molecule has 0 fully saturated rings. The smallest absolute Gasteiger partial charge is 0.194 e. The van der Waals surface area contributed by atoms with E-state index in [0.29, 0.717) is 29.3 Å². The Morgan fingerprint density at radius 1 is 0.518 bits per heavy atom. The topological polar surface area (TPSA) is 143 Å². The summed E-state index contributed by atoms with van der Waals surface area (Å²) in [6.45, 7) is 20.5. The number of furan rings is 7. The predicted molar refractivity (Wildman–Crippen MR) is 213 cm³/mol. The molecule has 7 aromatic rings. The molecule has 0 unspecified atom stereocenters. The average molecular weight is 845 g/mol. The Bertz CT molecular complexity index is 1840. The molecule has 0 saturated heterocycles. The predicted octanol–water partition coefficient (Wildman–Crippen LogP) is 12.5. The van der Waals surface area contributed by atoms with Crippen molar-refractivity contribution in [1.82, 2.24) is 0 Å². The SMILES string of the molecule is CC(=O)c1ccc(C)o1.CCc1ccc(C)o1.CCc1ccc(C)o1.CCc1ccco1.CCc1ccco1.O=Cc1ccco1.[CH2-]c1ccc(C(C)=O)o1.[Y]. The van der Waals surface area contributed by atoms with Crippen LogP contribution in [0.3, 0.4) is 0 Å². The Kier molecular flexibility index (Phi) is 27.5. The van der Waals surface area contributed by atoms with Crippen molar-refractivity contribution in [2.24, 2.45) is 0 Å². The fourth-order valence-electron chi connectivity index (χ4n) is 3.93. The summed E-state index contributed by atoms with van der Waals surface area (Å²) in [4.78, 5) is 30.9. The standard InChI is InChI=1S/C7H8O2.C7H7O2.2C7H10O.2C6H8O.C5H4O2.Y/c2*1-5-3-4-7(9-5)6(2)8;2*1-3-7-5-4-6(2)8-7;2*1-2-6-4-3-5-7-6;6-4-5-2-1-3-7-5;/h3-4H,1-2H3;3-4H,1H2,2H3;2*4-5H,3H2,1-2H3;2*3-5H,2H2,1H3;1-4H;/q;-1;;;;;;. The minimum Gasteiger partial charge on any atom is -0.493 e. The monoisotopic (exact) mass is 844 g/mol. The van der Waals surface area contributed by atoms with Gasteiger partial charge in [-0.1, -0.05) is 33.8 Å². The van der Waals surface area contributed by atoms with Gasteiger partial charge >= 0.3 is 0 Å². The van der Waals surface area contributed by atoms with Crippen LogP contribution < -0.4 is 0 Å². The molecule has 0 aliphatic heterocycles. The van der Waals surface area contributed by atoms with Gasteiger partial charge in [0.15, 0.2) is 29.4 Å². The molecule has 299 valence electrons. The second-order valence-electron chi connectivity index (χ2n) is 11.5. The van der Waals surface area contributed by atoms with Crippen molar-refractivity contribution in [3.8, 4) is 0 Å². The summed E-state index contributed by atoms with van der Waals surface area (Å²) in [5, 5.41) is 0. The fourth-order valence-corrected chi connectivity index (χ4v) is 3.93. The molecule has 10 nitrogen and oxygen atoms in total. The van der Waals surface area contributed by atoms with Crippen molar-refractivity contribution < 1.29 is 78.0 Å². The van der Waals surface area contributed by atoms with Gasteiger partial charge in [0.05, 0.1) is 18.8 Å². The summed E-state index contributed by atoms with van der Waals surface area (Å²) in [6.07, 6.45) is 9.49. The van der Waals surface area contributed by atoms with Crippen LogP contribution in [0, 0.1) is 27.7 Å². The van der Waals surface area contributed by atoms with Gasteiger partial charge in [-0.2, -0.15) is 6.07 Å². The number of aryl methyl sites for hydroxylation is 7. The summed E-state index contributed by atoms with van der Waals surface area (Å²) in [7, 11) is 0. The van der Waals surface area contributed by atoms with Crippen LogP contribution in [0.1, 0.15) is 119 Å². The number of ketones is 2. The molecule has 0 aliphatic rings. The van der Waals surface area contributed by atoms with Crippen molar-refractivity contribution in [2.75, 3.05) is 0 Å². The quantitative estimate of drug-likeness (QED) is 0.0864. The third-order valence-electron chi connectivity index (χ3n) is 6.90. The van der Waals surface area contributed by atoms with Crippen molar-refractivity contribution in [2.45, 2.75) is 88.0 Å². The first kappa shape index (κ1) is 50.9. The molecule has 7 rings (SSSR count). The molecule has 0 spiro atoms. The Labute approximate surface area is 355 Å². The van der Waals surface area contributed by atoms with Gasteiger partial charge < -0.3 is 30.9 Å². The molecule has 7 aromatic heterocycles. The van der Waals surface area contributed by atoms with E-state index >= 15 is 0 Å². The number of hydrogen-bond donors (Lipinski definition) is 0. The van der Waals surface area contributed by atoms with Gasteiger partial charge in [-0.05, 0) is 99.3 Å². The first-order chi connectivity index (χ1) is 26.3. The third-order valence-corrected chi connectivity index (χ3v) is 6.90. The molecule has 0 aromatic carbocycles. The molecule has 0 bridgehead atoms. The van der Waals surface area contributed by atoms with Gasteiger partial charge in [0.1, 0.15) is 46.1 Å². The van der Waals surface area contributed by atoms with E-state index in [1.807, 2.05) is 69.3 Å². The maximum Gasteiger partial charge on any atom is 0.194 e. The van der Waals surface area contributed by atoms with Gasteiger partial charge in [-0.15, -0.1) is 0 Å². The molecule has 11 heteroatoms. The normalized spacial score (nSPS) is 9.23. The van der Waals surface area contributed by atoms with Crippen LogP contribution >= 0.6 is 0 Å². The van der Waals surface area contributed by atoms with Crippen molar-refractivity contribution >= 4 is 17.9 Å². The number of carbonyl (C=O) groups excluding carboxylic acids is 3. The van der Waals surface area contributed by atoms with Crippen LogP contribution in [0.4, 0.5) is 0 Å². The van der Waals surface area contributed by atoms with Crippen LogP contribution in [0.15, 0.2) is 135 Å². The molecule has 56 heavy (non-hydrogen) atoms. The molecule has 0 aliphatic carbocycles. The average Bonchev–Trinajstić information content (AvgIpc) is 4.03. The van der Waals surface area contributed by atoms with E-state index in [2.05, 4.69) is 39.0 Å². The maximum atomic E-state index is 10.6. The van der Waals surface area contributed by atoms with E-state index in [1.165, 1.54) is 20.1 Å². The fraction of sp³-hybridized carbons (Fsp3) is 0.289. The minimum atomic E-state index is -0.0649. The number of rotatable bonds is 7. The van der Waals surface area contributed by atoms with Gasteiger partial charge in [0, 0.05) is 72.2 Å². The number of aldehydes is 1. The van der Waals surface area contributed by atoms with Crippen molar-refractivity contribution in [1.29, 1.82) is 0 Å². The van der Waals surface area contributed by atoms with Crippen LogP contribution in [-0.4, -0.2) is 17.9 Å². The van der Waals surface area contributed by atoms with Gasteiger partial charge in [0.25, 0.3) is 0 Å². The zero-order chi connectivity index (χ0) is 41.0. The van der Waals surface area contributed by atoms with E-state index < -0.39 is 0 Å². The Hall–Kier alpha value is -5.06. The second-order valence-corrected chi connectivity index (χ2v) is 11.5. The minimum absolute atomic E-state index is 0. The Morgan fingerprint density at radius 3 is 1.09 bits per heavy atom. The van der Waals surface area contributed by atoms with E-state index in [9.17, 15) is 14.4 Å². The van der Waals surface area contributed by atoms with Crippen molar-refractivity contribution in [3.05, 3.63) is 174 Å². The number of carbonyl (C=O) groups is 3. The molecule has 0 saturated carbocycles. The van der Waals surface area contributed by atoms with Gasteiger partial charge in [0.2, 0.25) is 0 Å². The van der Waals surface area contributed by atoms with E-state index in [1.54, 1.807) is 48.9 Å². The molecule has 7 heterocycles. The third kappa shape index (κ3) is 23.0. The number of Topliss-reactive ketones (excluding diaryl/α,β-unsaturated/α-hetero) is 2. The summed E-state index contributed by atoms with van der Waals surface area (Å²) in [5.74, 6) is 8.66. The molecule has 0 atom stereocenters. The van der Waals surface area contributed by atoms with Gasteiger partial charge in [-0.3, -0.25) is 14.4 Å². The van der Waals surface area contributed by atoms with E-state index in [4.69, 9.17) is 26.5 Å². The van der Waals surface area contributed by atoms with Crippen LogP contribution in [0.5, 0.6) is 0 Å². The summed E-state index contributed by atoms with van der Waals surface area (Å²) in [5.41, 5.74) is 0. The molecule has 1 radical (unpaired) electrons. The van der Waals surface area contributed by atoms with E-state index in [0.717, 1.165) is 66.0 Å². The molecule has 0 amide bonds. The van der Waals surface area contributed by atoms with E-state index in [-0.39, 0.29) is 44.3 Å². The molecular formula is C45H55O10Y-. The largest absolute Gasteiger partial charge is 0.493 e. The van der Waals surface area contributed by atoms with Crippen LogP contribution in [-0.2, 0) is 58.4 Å². The second kappa shape index (κ2) is 30.2. The van der Waals surface area contributed by atoms with Gasteiger partial charge in [-0.25, -0.2) is 6.92 Å². The first-order valence-electron chi connectivity index (χ1n) is 18.0.